The van der Waals surface area contributed by atoms with Crippen LogP contribution in [0.15, 0.2) is 78.9 Å². The zero-order chi connectivity index (χ0) is 25.4. The maximum atomic E-state index is 12.8. The number of carbonyl (C=O) groups is 3. The number of amides is 3. The van der Waals surface area contributed by atoms with Gasteiger partial charge in [-0.2, -0.15) is 0 Å². The van der Waals surface area contributed by atoms with Crippen molar-refractivity contribution in [2.75, 3.05) is 0 Å². The van der Waals surface area contributed by atoms with Gasteiger partial charge in [0.2, 0.25) is 0 Å². The molecule has 35 heavy (non-hydrogen) atoms. The average molecular weight is 477 g/mol. The summed E-state index contributed by atoms with van der Waals surface area (Å²) < 4.78 is 5.84. The molecule has 4 N–H and O–H groups in total. The standard InChI is InChI=1S/C27H28N2O6/c1-27(2,17-9-8-14-23(31)29-34)24(21-15-16-22(30)20-13-7-6-12-19(20)21)35-26(33)28-25(32)18-10-4-3-5-11-18/h3-8,10-16,24,30,34H,9,17H2,1-2H3,(H,29,31)(H,28,32,33)/b14-8+/t24-/m0/s1. The number of nitrogens with one attached hydrogen (secondary N) is 2. The number of ether oxygens (including phenoxy) is 1. The van der Waals surface area contributed by atoms with Crippen molar-refractivity contribution in [2.45, 2.75) is 32.8 Å². The summed E-state index contributed by atoms with van der Waals surface area (Å²) in [6, 6.07) is 18.8. The summed E-state index contributed by atoms with van der Waals surface area (Å²) in [5, 5.41) is 22.6. The summed E-state index contributed by atoms with van der Waals surface area (Å²) >= 11 is 0. The van der Waals surface area contributed by atoms with Crippen LogP contribution in [0, 0.1) is 5.41 Å². The first-order valence-corrected chi connectivity index (χ1v) is 11.1. The van der Waals surface area contributed by atoms with Crippen molar-refractivity contribution in [3.63, 3.8) is 0 Å². The first-order valence-electron chi connectivity index (χ1n) is 11.1. The molecule has 0 aliphatic heterocycles. The minimum absolute atomic E-state index is 0.0996. The molecule has 3 amide bonds. The smallest absolute Gasteiger partial charge is 0.414 e. The largest absolute Gasteiger partial charge is 0.507 e. The fraction of sp³-hybridized carbons (Fsp3) is 0.222. The van der Waals surface area contributed by atoms with E-state index in [0.717, 1.165) is 0 Å². The molecule has 0 unspecified atom stereocenters. The lowest BCUT2D eigenvalue weighted by molar-refractivity contribution is -0.124. The third kappa shape index (κ3) is 6.45. The molecule has 0 aliphatic rings. The minimum Gasteiger partial charge on any atom is -0.507 e. The molecule has 0 heterocycles. The Morgan fingerprint density at radius 2 is 1.63 bits per heavy atom. The van der Waals surface area contributed by atoms with Gasteiger partial charge in [-0.1, -0.05) is 68.5 Å². The second kappa shape index (κ2) is 11.3. The van der Waals surface area contributed by atoms with Crippen LogP contribution in [0.25, 0.3) is 10.8 Å². The number of allylic oxidation sites excluding steroid dienone is 1. The number of rotatable bonds is 8. The third-order valence-electron chi connectivity index (χ3n) is 5.74. The molecule has 0 saturated carbocycles. The molecule has 3 aromatic rings. The normalized spacial score (nSPS) is 12.3. The fourth-order valence-corrected chi connectivity index (χ4v) is 3.88. The van der Waals surface area contributed by atoms with Crippen LogP contribution in [0.1, 0.15) is 48.7 Å². The number of hydrogen-bond acceptors (Lipinski definition) is 6. The van der Waals surface area contributed by atoms with E-state index >= 15 is 0 Å². The van der Waals surface area contributed by atoms with E-state index in [1.807, 2.05) is 26.0 Å². The van der Waals surface area contributed by atoms with Crippen molar-refractivity contribution in [3.8, 4) is 5.75 Å². The van der Waals surface area contributed by atoms with E-state index in [-0.39, 0.29) is 5.75 Å². The molecule has 1 atom stereocenters. The zero-order valence-electron chi connectivity index (χ0n) is 19.5. The van der Waals surface area contributed by atoms with Gasteiger partial charge in [0.15, 0.2) is 0 Å². The lowest BCUT2D eigenvalue weighted by Crippen LogP contribution is -2.35. The number of aromatic hydroxyl groups is 1. The quantitative estimate of drug-likeness (QED) is 0.206. The highest BCUT2D eigenvalue weighted by atomic mass is 16.6. The van der Waals surface area contributed by atoms with Gasteiger partial charge in [0.05, 0.1) is 0 Å². The summed E-state index contributed by atoms with van der Waals surface area (Å²) in [7, 11) is 0. The Morgan fingerprint density at radius 1 is 0.971 bits per heavy atom. The monoisotopic (exact) mass is 476 g/mol. The van der Waals surface area contributed by atoms with Crippen LogP contribution in [0.4, 0.5) is 4.79 Å². The molecule has 0 bridgehead atoms. The van der Waals surface area contributed by atoms with Gasteiger partial charge in [-0.05, 0) is 36.4 Å². The number of fused-ring (bicyclic) bond motifs is 1. The van der Waals surface area contributed by atoms with Gasteiger partial charge in [-0.25, -0.2) is 10.3 Å². The molecule has 8 heteroatoms. The Bertz CT molecular complexity index is 1240. The molecule has 3 rings (SSSR count). The van der Waals surface area contributed by atoms with Crippen LogP contribution in [0.3, 0.4) is 0 Å². The molecule has 0 radical (unpaired) electrons. The van der Waals surface area contributed by atoms with E-state index in [4.69, 9.17) is 9.94 Å². The number of phenols is 1. The van der Waals surface area contributed by atoms with E-state index in [2.05, 4.69) is 5.32 Å². The number of hydrogen-bond donors (Lipinski definition) is 4. The number of benzene rings is 3. The highest BCUT2D eigenvalue weighted by Crippen LogP contribution is 2.44. The Kier molecular flexibility index (Phi) is 8.22. The molecule has 0 spiro atoms. The van der Waals surface area contributed by atoms with Crippen molar-refractivity contribution in [1.29, 1.82) is 0 Å². The van der Waals surface area contributed by atoms with Crippen molar-refractivity contribution in [2.24, 2.45) is 5.41 Å². The second-order valence-corrected chi connectivity index (χ2v) is 8.73. The predicted molar refractivity (Wildman–Crippen MR) is 131 cm³/mol. The lowest BCUT2D eigenvalue weighted by Gasteiger charge is -2.34. The van der Waals surface area contributed by atoms with Crippen LogP contribution in [-0.2, 0) is 9.53 Å². The Balaban J connectivity index is 1.91. The zero-order valence-corrected chi connectivity index (χ0v) is 19.5. The highest BCUT2D eigenvalue weighted by Gasteiger charge is 2.35. The number of phenolic OH excluding ortho intramolecular Hbond substituents is 1. The number of alkyl carbamates (subject to hydrolysis) is 1. The Morgan fingerprint density at radius 3 is 2.31 bits per heavy atom. The summed E-state index contributed by atoms with van der Waals surface area (Å²) in [5.74, 6) is -1.12. The Labute approximate surface area is 203 Å². The lowest BCUT2D eigenvalue weighted by atomic mass is 9.77. The van der Waals surface area contributed by atoms with Crippen LogP contribution < -0.4 is 10.8 Å². The van der Waals surface area contributed by atoms with Gasteiger partial charge in [0.25, 0.3) is 11.8 Å². The van der Waals surface area contributed by atoms with Crippen molar-refractivity contribution in [3.05, 3.63) is 90.0 Å². The van der Waals surface area contributed by atoms with Crippen molar-refractivity contribution < 1.29 is 29.4 Å². The fourth-order valence-electron chi connectivity index (χ4n) is 3.88. The van der Waals surface area contributed by atoms with Gasteiger partial charge >= 0.3 is 6.09 Å². The van der Waals surface area contributed by atoms with Gasteiger partial charge in [0.1, 0.15) is 11.9 Å². The highest BCUT2D eigenvalue weighted by molar-refractivity contribution is 6.03. The van der Waals surface area contributed by atoms with E-state index in [9.17, 15) is 19.5 Å². The van der Waals surface area contributed by atoms with Gasteiger partial charge < -0.3 is 9.84 Å². The first kappa shape index (κ1) is 25.5. The second-order valence-electron chi connectivity index (χ2n) is 8.73. The molecule has 0 saturated heterocycles. The SMILES string of the molecule is CC(C)(CC/C=C/C(=O)NO)[C@@H](OC(=O)NC(=O)c1ccccc1)c1ccc(O)c2ccccc12. The first-order chi connectivity index (χ1) is 16.7. The maximum Gasteiger partial charge on any atom is 0.414 e. The van der Waals surface area contributed by atoms with E-state index in [0.29, 0.717) is 34.7 Å². The molecule has 3 aromatic carbocycles. The average Bonchev–Trinajstić information content (AvgIpc) is 2.86. The summed E-state index contributed by atoms with van der Waals surface area (Å²) in [6.07, 6.45) is 2.09. The van der Waals surface area contributed by atoms with Crippen molar-refractivity contribution in [1.82, 2.24) is 10.8 Å². The summed E-state index contributed by atoms with van der Waals surface area (Å²) in [6.45, 7) is 3.82. The van der Waals surface area contributed by atoms with E-state index in [1.165, 1.54) is 11.6 Å². The number of imide groups is 1. The van der Waals surface area contributed by atoms with Crippen molar-refractivity contribution >= 4 is 28.7 Å². The molecular formula is C27H28N2O6. The van der Waals surface area contributed by atoms with Crippen LogP contribution in [0.2, 0.25) is 0 Å². The predicted octanol–water partition coefficient (Wildman–Crippen LogP) is 5.02. The molecule has 0 aromatic heterocycles. The van der Waals surface area contributed by atoms with Crippen LogP contribution in [-0.4, -0.2) is 28.2 Å². The molecule has 0 aliphatic carbocycles. The molecule has 0 fully saturated rings. The van der Waals surface area contributed by atoms with Gasteiger partial charge in [-0.3, -0.25) is 20.1 Å². The topological polar surface area (TPSA) is 125 Å². The number of hydroxylamine groups is 1. The van der Waals surface area contributed by atoms with E-state index in [1.54, 1.807) is 60.7 Å². The summed E-state index contributed by atoms with van der Waals surface area (Å²) in [5.41, 5.74) is 1.88. The van der Waals surface area contributed by atoms with Gasteiger partial charge in [-0.15, -0.1) is 0 Å². The third-order valence-corrected chi connectivity index (χ3v) is 5.74. The van der Waals surface area contributed by atoms with Crippen LogP contribution >= 0.6 is 0 Å². The number of carbonyl (C=O) groups excluding carboxylic acids is 3. The molecule has 8 nitrogen and oxygen atoms in total. The Hall–Kier alpha value is -4.17. The summed E-state index contributed by atoms with van der Waals surface area (Å²) in [4.78, 5) is 36.5. The van der Waals surface area contributed by atoms with Crippen LogP contribution in [0.5, 0.6) is 5.75 Å². The van der Waals surface area contributed by atoms with E-state index < -0.39 is 29.4 Å². The van der Waals surface area contributed by atoms with Gasteiger partial charge in [0, 0.05) is 28.0 Å². The minimum atomic E-state index is -0.899. The molecular weight excluding hydrogens is 448 g/mol. The molecule has 182 valence electrons. The maximum absolute atomic E-state index is 12.8.